The third-order valence-corrected chi connectivity index (χ3v) is 6.92. The molecule has 2 amide bonds. The van der Waals surface area contributed by atoms with E-state index in [1.165, 1.54) is 6.08 Å². The lowest BCUT2D eigenvalue weighted by Crippen LogP contribution is -2.30. The van der Waals surface area contributed by atoms with Gasteiger partial charge in [0, 0.05) is 22.4 Å². The van der Waals surface area contributed by atoms with E-state index >= 15 is 0 Å². The predicted octanol–water partition coefficient (Wildman–Crippen LogP) is 8.06. The van der Waals surface area contributed by atoms with Gasteiger partial charge in [-0.05, 0) is 78.2 Å². The number of hydrogen-bond acceptors (Lipinski definition) is 4. The van der Waals surface area contributed by atoms with Gasteiger partial charge in [0.1, 0.15) is 11.4 Å². The largest absolute Gasteiger partial charge is 0.493 e. The van der Waals surface area contributed by atoms with Gasteiger partial charge in [-0.2, -0.15) is 0 Å². The second-order valence-corrected chi connectivity index (χ2v) is 10.1. The maximum absolute atomic E-state index is 13.4. The third kappa shape index (κ3) is 8.30. The van der Waals surface area contributed by atoms with Crippen molar-refractivity contribution in [2.75, 3.05) is 11.9 Å². The Morgan fingerprint density at radius 1 is 0.667 bits per heavy atom. The van der Waals surface area contributed by atoms with E-state index in [9.17, 15) is 14.4 Å². The van der Waals surface area contributed by atoms with Crippen molar-refractivity contribution in [2.45, 2.75) is 6.92 Å². The Morgan fingerprint density at radius 2 is 1.29 bits per heavy atom. The first kappa shape index (κ1) is 30.4. The minimum atomic E-state index is -0.525. The number of carbonyl (C=O) groups is 3. The third-order valence-electron chi connectivity index (χ3n) is 6.92. The Hall–Kier alpha value is -6.01. The maximum Gasteiger partial charge on any atom is 0.272 e. The molecule has 0 aliphatic heterocycles. The first-order valence-electron chi connectivity index (χ1n) is 14.6. The second kappa shape index (κ2) is 14.9. The van der Waals surface area contributed by atoms with Crippen molar-refractivity contribution >= 4 is 35.4 Å². The molecule has 0 saturated heterocycles. The van der Waals surface area contributed by atoms with Crippen LogP contribution in [0.2, 0.25) is 0 Å². The zero-order chi connectivity index (χ0) is 31.4. The molecule has 45 heavy (non-hydrogen) atoms. The van der Waals surface area contributed by atoms with Crippen LogP contribution >= 0.6 is 0 Å². The number of nitrogens with one attached hydrogen (secondary N) is 2. The van der Waals surface area contributed by atoms with Crippen LogP contribution in [-0.2, 0) is 4.79 Å². The number of benzene rings is 5. The van der Waals surface area contributed by atoms with Gasteiger partial charge in [0.15, 0.2) is 5.78 Å². The molecule has 2 N–H and O–H groups in total. The zero-order valence-electron chi connectivity index (χ0n) is 24.8. The summed E-state index contributed by atoms with van der Waals surface area (Å²) in [5.41, 5.74) is 5.18. The summed E-state index contributed by atoms with van der Waals surface area (Å²) < 4.78 is 5.71. The van der Waals surface area contributed by atoms with Crippen LogP contribution in [0.15, 0.2) is 145 Å². The number of anilines is 1. The van der Waals surface area contributed by atoms with Crippen molar-refractivity contribution in [1.82, 2.24) is 5.32 Å². The standard InChI is InChI=1S/C39H32N2O4/c1-2-45-37-16-10-9-15-33(37)27-35(41-38(43)32-13-7-4-8-14-32)39(44)40-34-24-22-31(23-25-34)36(42)26-19-28-17-20-30(21-18-28)29-11-5-3-6-12-29/h3-27H,2H2,1H3,(H,40,44)(H,41,43)/b26-19+,35-27-. The summed E-state index contributed by atoms with van der Waals surface area (Å²) in [4.78, 5) is 39.3. The summed E-state index contributed by atoms with van der Waals surface area (Å²) in [5, 5.41) is 5.56. The fourth-order valence-corrected chi connectivity index (χ4v) is 4.59. The van der Waals surface area contributed by atoms with Crippen molar-refractivity contribution < 1.29 is 19.1 Å². The molecule has 0 spiro atoms. The lowest BCUT2D eigenvalue weighted by molar-refractivity contribution is -0.113. The van der Waals surface area contributed by atoms with Gasteiger partial charge in [0.05, 0.1) is 6.61 Å². The van der Waals surface area contributed by atoms with Crippen LogP contribution in [-0.4, -0.2) is 24.2 Å². The number of carbonyl (C=O) groups excluding carboxylic acids is 3. The monoisotopic (exact) mass is 592 g/mol. The average molecular weight is 593 g/mol. The topological polar surface area (TPSA) is 84.5 Å². The van der Waals surface area contributed by atoms with Gasteiger partial charge in [0.2, 0.25) is 0 Å². The molecule has 0 saturated carbocycles. The molecular formula is C39H32N2O4. The molecule has 0 atom stereocenters. The minimum absolute atomic E-state index is 0.0392. The van der Waals surface area contributed by atoms with Crippen LogP contribution < -0.4 is 15.4 Å². The number of allylic oxidation sites excluding steroid dienone is 1. The molecule has 5 aromatic rings. The van der Waals surface area contributed by atoms with E-state index in [0.29, 0.717) is 34.7 Å². The van der Waals surface area contributed by atoms with Gasteiger partial charge in [0.25, 0.3) is 11.8 Å². The summed E-state index contributed by atoms with van der Waals surface area (Å²) in [7, 11) is 0. The van der Waals surface area contributed by atoms with E-state index in [1.807, 2.05) is 67.6 Å². The second-order valence-electron chi connectivity index (χ2n) is 10.1. The number of para-hydroxylation sites is 1. The Morgan fingerprint density at radius 3 is 1.98 bits per heavy atom. The summed E-state index contributed by atoms with van der Waals surface area (Å²) in [6.07, 6.45) is 4.89. The molecule has 0 unspecified atom stereocenters. The van der Waals surface area contributed by atoms with Crippen molar-refractivity contribution in [3.05, 3.63) is 167 Å². The van der Waals surface area contributed by atoms with Crippen LogP contribution in [0.4, 0.5) is 5.69 Å². The van der Waals surface area contributed by atoms with Gasteiger partial charge < -0.3 is 15.4 Å². The van der Waals surface area contributed by atoms with Gasteiger partial charge in [-0.25, -0.2) is 0 Å². The zero-order valence-corrected chi connectivity index (χ0v) is 24.8. The molecule has 6 nitrogen and oxygen atoms in total. The summed E-state index contributed by atoms with van der Waals surface area (Å²) in [6, 6.07) is 40.6. The van der Waals surface area contributed by atoms with Crippen molar-refractivity contribution in [3.8, 4) is 16.9 Å². The lowest BCUT2D eigenvalue weighted by Gasteiger charge is -2.13. The number of rotatable bonds is 11. The van der Waals surface area contributed by atoms with E-state index < -0.39 is 11.8 Å². The van der Waals surface area contributed by atoms with Crippen molar-refractivity contribution in [1.29, 1.82) is 0 Å². The van der Waals surface area contributed by atoms with Crippen LogP contribution in [0, 0.1) is 0 Å². The number of ether oxygens (including phenoxy) is 1. The molecule has 0 bridgehead atoms. The molecule has 0 aromatic heterocycles. The quantitative estimate of drug-likeness (QED) is 0.120. The highest BCUT2D eigenvalue weighted by molar-refractivity contribution is 6.11. The lowest BCUT2D eigenvalue weighted by atomic mass is 10.0. The maximum atomic E-state index is 13.4. The van der Waals surface area contributed by atoms with E-state index in [2.05, 4.69) is 22.8 Å². The van der Waals surface area contributed by atoms with Gasteiger partial charge in [-0.15, -0.1) is 0 Å². The van der Waals surface area contributed by atoms with Crippen LogP contribution in [0.25, 0.3) is 23.3 Å². The Kier molecular flexibility index (Phi) is 10.1. The SMILES string of the molecule is CCOc1ccccc1/C=C(\NC(=O)c1ccccc1)C(=O)Nc1ccc(C(=O)/C=C/c2ccc(-c3ccccc3)cc2)cc1. The van der Waals surface area contributed by atoms with Crippen molar-refractivity contribution in [3.63, 3.8) is 0 Å². The summed E-state index contributed by atoms with van der Waals surface area (Å²) in [5.74, 6) is -0.526. The van der Waals surface area contributed by atoms with Crippen LogP contribution in [0.5, 0.6) is 5.75 Å². The van der Waals surface area contributed by atoms with E-state index in [0.717, 1.165) is 16.7 Å². The van der Waals surface area contributed by atoms with Crippen LogP contribution in [0.1, 0.15) is 38.8 Å². The molecule has 5 rings (SSSR count). The van der Waals surface area contributed by atoms with Crippen LogP contribution in [0.3, 0.4) is 0 Å². The predicted molar refractivity (Wildman–Crippen MR) is 180 cm³/mol. The molecular weight excluding hydrogens is 560 g/mol. The highest BCUT2D eigenvalue weighted by Gasteiger charge is 2.16. The number of ketones is 1. The minimum Gasteiger partial charge on any atom is -0.493 e. The molecule has 222 valence electrons. The van der Waals surface area contributed by atoms with Gasteiger partial charge >= 0.3 is 0 Å². The number of hydrogen-bond donors (Lipinski definition) is 2. The molecule has 0 aliphatic rings. The molecule has 0 radical (unpaired) electrons. The number of amides is 2. The first-order valence-corrected chi connectivity index (χ1v) is 14.6. The fraction of sp³-hybridized carbons (Fsp3) is 0.0513. The Balaban J connectivity index is 1.28. The highest BCUT2D eigenvalue weighted by atomic mass is 16.5. The summed E-state index contributed by atoms with van der Waals surface area (Å²) >= 11 is 0. The summed E-state index contributed by atoms with van der Waals surface area (Å²) in [6.45, 7) is 2.32. The smallest absolute Gasteiger partial charge is 0.272 e. The average Bonchev–Trinajstić information content (AvgIpc) is 3.09. The molecule has 0 fully saturated rings. The van der Waals surface area contributed by atoms with Gasteiger partial charge in [-0.3, -0.25) is 14.4 Å². The molecule has 0 heterocycles. The molecule has 0 aliphatic carbocycles. The first-order chi connectivity index (χ1) is 22.0. The normalized spacial score (nSPS) is 11.2. The van der Waals surface area contributed by atoms with E-state index in [-0.39, 0.29) is 11.5 Å². The molecule has 5 aromatic carbocycles. The van der Waals surface area contributed by atoms with E-state index in [1.54, 1.807) is 72.8 Å². The van der Waals surface area contributed by atoms with Crippen molar-refractivity contribution in [2.24, 2.45) is 0 Å². The van der Waals surface area contributed by atoms with Gasteiger partial charge in [-0.1, -0.05) is 97.1 Å². The highest BCUT2D eigenvalue weighted by Crippen LogP contribution is 2.22. The Labute approximate surface area is 262 Å². The van der Waals surface area contributed by atoms with E-state index in [4.69, 9.17) is 4.74 Å². The fourth-order valence-electron chi connectivity index (χ4n) is 4.59. The Bertz CT molecular complexity index is 1830. The molecule has 6 heteroatoms.